The smallest absolute Gasteiger partial charge is 0.261 e. The van der Waals surface area contributed by atoms with Gasteiger partial charge in [0, 0.05) is 16.3 Å². The van der Waals surface area contributed by atoms with Crippen LogP contribution in [-0.2, 0) is 0 Å². The number of rotatable bonds is 2. The molecule has 6 heteroatoms. The second kappa shape index (κ2) is 5.93. The molecule has 4 nitrogen and oxygen atoms in total. The summed E-state index contributed by atoms with van der Waals surface area (Å²) in [6, 6.07) is 5.44. The predicted molar refractivity (Wildman–Crippen MR) is 87.8 cm³/mol. The largest absolute Gasteiger partial charge is 0.507 e. The van der Waals surface area contributed by atoms with Gasteiger partial charge in [-0.05, 0) is 24.6 Å². The molecule has 0 radical (unpaired) electrons. The molecule has 1 aromatic carbocycles. The summed E-state index contributed by atoms with van der Waals surface area (Å²) in [5, 5.41) is 15.6. The van der Waals surface area contributed by atoms with Crippen LogP contribution in [0.4, 0.5) is 0 Å². The number of phenols is 1. The van der Waals surface area contributed by atoms with Gasteiger partial charge in [-0.15, -0.1) is 11.8 Å². The average Bonchev–Trinajstić information content (AvgIpc) is 2.91. The highest BCUT2D eigenvalue weighted by molar-refractivity contribution is 8.07. The van der Waals surface area contributed by atoms with E-state index in [0.29, 0.717) is 22.0 Å². The van der Waals surface area contributed by atoms with Gasteiger partial charge < -0.3 is 9.63 Å². The highest BCUT2D eigenvalue weighted by Gasteiger charge is 2.30. The lowest BCUT2D eigenvalue weighted by atomic mass is 10.1. The fourth-order valence-corrected chi connectivity index (χ4v) is 5.05. The molecule has 1 aliphatic heterocycles. The average molecular weight is 322 g/mol. The summed E-state index contributed by atoms with van der Waals surface area (Å²) in [5.74, 6) is 2.29. The molecule has 0 bridgehead atoms. The number of hydrogen-bond donors (Lipinski definition) is 1. The lowest BCUT2D eigenvalue weighted by Gasteiger charge is -2.29. The first kappa shape index (κ1) is 14.8. The highest BCUT2D eigenvalue weighted by Crippen LogP contribution is 2.43. The standard InChI is InChI=1S/C15H18N2O2S2/c1-8-4-5-11(12(18)6-8)15-16-14(17-19-15)13-7-20-9(2)10(3)21-13/h4-6,9-10,13,18H,7H2,1-3H3. The summed E-state index contributed by atoms with van der Waals surface area (Å²) in [5.41, 5.74) is 1.59. The number of hydrogen-bond acceptors (Lipinski definition) is 6. The molecule has 3 unspecified atom stereocenters. The van der Waals surface area contributed by atoms with E-state index in [9.17, 15) is 5.11 Å². The van der Waals surface area contributed by atoms with Crippen LogP contribution >= 0.6 is 23.5 Å². The number of benzene rings is 1. The van der Waals surface area contributed by atoms with Gasteiger partial charge >= 0.3 is 0 Å². The molecule has 1 aliphatic rings. The molecule has 0 amide bonds. The van der Waals surface area contributed by atoms with Gasteiger partial charge in [0.05, 0.1) is 10.8 Å². The van der Waals surface area contributed by atoms with Crippen molar-refractivity contribution in [3.63, 3.8) is 0 Å². The van der Waals surface area contributed by atoms with Gasteiger partial charge in [-0.2, -0.15) is 16.7 Å². The number of aryl methyl sites for hydroxylation is 1. The van der Waals surface area contributed by atoms with Crippen LogP contribution in [0.5, 0.6) is 5.75 Å². The Kier molecular flexibility index (Phi) is 4.17. The van der Waals surface area contributed by atoms with Crippen molar-refractivity contribution in [2.75, 3.05) is 5.75 Å². The van der Waals surface area contributed by atoms with Gasteiger partial charge in [-0.3, -0.25) is 0 Å². The number of aromatic nitrogens is 2. The van der Waals surface area contributed by atoms with Crippen LogP contribution < -0.4 is 0 Å². The maximum Gasteiger partial charge on any atom is 0.261 e. The van der Waals surface area contributed by atoms with E-state index in [2.05, 4.69) is 24.0 Å². The summed E-state index contributed by atoms with van der Waals surface area (Å²) in [6.45, 7) is 6.42. The van der Waals surface area contributed by atoms with Crippen molar-refractivity contribution in [3.8, 4) is 17.2 Å². The van der Waals surface area contributed by atoms with Crippen molar-refractivity contribution >= 4 is 23.5 Å². The van der Waals surface area contributed by atoms with Gasteiger partial charge in [-0.1, -0.05) is 25.1 Å². The fourth-order valence-electron chi connectivity index (χ4n) is 2.22. The summed E-state index contributed by atoms with van der Waals surface area (Å²) in [6.07, 6.45) is 0. The van der Waals surface area contributed by atoms with E-state index in [1.165, 1.54) is 0 Å². The predicted octanol–water partition coefficient (Wildman–Crippen LogP) is 4.05. The van der Waals surface area contributed by atoms with Gasteiger partial charge in [-0.25, -0.2) is 0 Å². The van der Waals surface area contributed by atoms with Crippen LogP contribution in [0.25, 0.3) is 11.5 Å². The monoisotopic (exact) mass is 322 g/mol. The maximum absolute atomic E-state index is 10.0. The summed E-state index contributed by atoms with van der Waals surface area (Å²) < 4.78 is 5.34. The molecule has 0 spiro atoms. The zero-order valence-electron chi connectivity index (χ0n) is 12.2. The summed E-state index contributed by atoms with van der Waals surface area (Å²) >= 11 is 3.84. The van der Waals surface area contributed by atoms with Gasteiger partial charge in [0.2, 0.25) is 0 Å². The van der Waals surface area contributed by atoms with E-state index in [0.717, 1.165) is 17.1 Å². The normalized spacial score (nSPS) is 26.0. The highest BCUT2D eigenvalue weighted by atomic mass is 32.2. The van der Waals surface area contributed by atoms with Crippen LogP contribution in [-0.4, -0.2) is 31.5 Å². The van der Waals surface area contributed by atoms with Gasteiger partial charge in [0.25, 0.3) is 5.89 Å². The minimum absolute atomic E-state index is 0.179. The first-order chi connectivity index (χ1) is 10.0. The minimum Gasteiger partial charge on any atom is -0.507 e. The second-order valence-corrected chi connectivity index (χ2v) is 8.34. The van der Waals surface area contributed by atoms with E-state index in [-0.39, 0.29) is 11.0 Å². The Morgan fingerprint density at radius 3 is 2.81 bits per heavy atom. The molecular weight excluding hydrogens is 304 g/mol. The molecule has 0 aliphatic carbocycles. The zero-order valence-corrected chi connectivity index (χ0v) is 13.9. The van der Waals surface area contributed by atoms with Crippen molar-refractivity contribution in [1.29, 1.82) is 0 Å². The third kappa shape index (κ3) is 3.06. The number of phenolic OH excluding ortho intramolecular Hbond substituents is 1. The van der Waals surface area contributed by atoms with E-state index in [1.807, 2.05) is 42.6 Å². The third-order valence-corrected chi connectivity index (χ3v) is 7.05. The van der Waals surface area contributed by atoms with Crippen molar-refractivity contribution in [2.24, 2.45) is 0 Å². The van der Waals surface area contributed by atoms with Crippen molar-refractivity contribution in [3.05, 3.63) is 29.6 Å². The summed E-state index contributed by atoms with van der Waals surface area (Å²) in [7, 11) is 0. The van der Waals surface area contributed by atoms with Crippen LogP contribution in [0.1, 0.15) is 30.5 Å². The number of nitrogens with zero attached hydrogens (tertiary/aromatic N) is 2. The van der Waals surface area contributed by atoms with Crippen molar-refractivity contribution in [2.45, 2.75) is 36.5 Å². The van der Waals surface area contributed by atoms with Crippen LogP contribution in [0, 0.1) is 6.92 Å². The first-order valence-corrected chi connectivity index (χ1v) is 8.94. The molecule has 1 saturated heterocycles. The SMILES string of the molecule is Cc1ccc(-c2nc(C3CSC(C)C(C)S3)no2)c(O)c1. The Morgan fingerprint density at radius 1 is 1.29 bits per heavy atom. The summed E-state index contributed by atoms with van der Waals surface area (Å²) in [4.78, 5) is 4.48. The first-order valence-electron chi connectivity index (χ1n) is 6.95. The molecule has 2 aromatic rings. The van der Waals surface area contributed by atoms with Crippen molar-refractivity contribution < 1.29 is 9.63 Å². The zero-order chi connectivity index (χ0) is 15.0. The molecule has 112 valence electrons. The topological polar surface area (TPSA) is 59.2 Å². The Hall–Kier alpha value is -1.14. The van der Waals surface area contributed by atoms with Crippen molar-refractivity contribution in [1.82, 2.24) is 10.1 Å². The molecule has 3 atom stereocenters. The van der Waals surface area contributed by atoms with Gasteiger partial charge in [0.15, 0.2) is 5.82 Å². The lowest BCUT2D eigenvalue weighted by Crippen LogP contribution is -2.22. The van der Waals surface area contributed by atoms with E-state index in [4.69, 9.17) is 4.52 Å². The quantitative estimate of drug-likeness (QED) is 0.900. The van der Waals surface area contributed by atoms with E-state index < -0.39 is 0 Å². The maximum atomic E-state index is 10.0. The Labute approximate surface area is 132 Å². The van der Waals surface area contributed by atoms with Crippen LogP contribution in [0.3, 0.4) is 0 Å². The molecule has 0 saturated carbocycles. The molecule has 2 heterocycles. The second-order valence-electron chi connectivity index (χ2n) is 5.35. The van der Waals surface area contributed by atoms with Crippen LogP contribution in [0.2, 0.25) is 0 Å². The molecule has 1 fully saturated rings. The molecular formula is C15H18N2O2S2. The van der Waals surface area contributed by atoms with E-state index >= 15 is 0 Å². The molecule has 3 rings (SSSR count). The Morgan fingerprint density at radius 2 is 2.10 bits per heavy atom. The Balaban J connectivity index is 1.83. The Bertz CT molecular complexity index is 644. The van der Waals surface area contributed by atoms with Crippen LogP contribution in [0.15, 0.2) is 22.7 Å². The number of aromatic hydroxyl groups is 1. The van der Waals surface area contributed by atoms with E-state index in [1.54, 1.807) is 6.07 Å². The minimum atomic E-state index is 0.179. The third-order valence-electron chi connectivity index (χ3n) is 3.66. The molecule has 1 N–H and O–H groups in total. The number of thioether (sulfide) groups is 2. The molecule has 1 aromatic heterocycles. The fraction of sp³-hybridized carbons (Fsp3) is 0.467. The molecule has 21 heavy (non-hydrogen) atoms. The van der Waals surface area contributed by atoms with Gasteiger partial charge in [0.1, 0.15) is 5.75 Å². The lowest BCUT2D eigenvalue weighted by molar-refractivity contribution is 0.417.